The second-order valence-electron chi connectivity index (χ2n) is 12.8. The van der Waals surface area contributed by atoms with E-state index in [-0.39, 0.29) is 0 Å². The Morgan fingerprint density at radius 2 is 0.978 bits per heavy atom. The molecule has 46 heavy (non-hydrogen) atoms. The molecule has 11 rings (SSSR count). The lowest BCUT2D eigenvalue weighted by molar-refractivity contribution is 0.487. The van der Waals surface area contributed by atoms with E-state index >= 15 is 0 Å². The molecule has 1 unspecified atom stereocenters. The summed E-state index contributed by atoms with van der Waals surface area (Å²) in [5.74, 6) is 1.83. The van der Waals surface area contributed by atoms with E-state index in [0.29, 0.717) is 0 Å². The monoisotopic (exact) mass is 582 g/mol. The Morgan fingerprint density at radius 3 is 1.83 bits per heavy atom. The highest BCUT2D eigenvalue weighted by molar-refractivity contribution is 6.07. The molecule has 0 radical (unpaired) electrons. The second kappa shape index (κ2) is 8.62. The minimum atomic E-state index is -0.454. The lowest BCUT2D eigenvalue weighted by Gasteiger charge is -2.33. The molecular weight excluding hydrogens is 556 g/mol. The van der Waals surface area contributed by atoms with Crippen LogP contribution >= 0.6 is 0 Å². The van der Waals surface area contributed by atoms with Crippen molar-refractivity contribution in [1.29, 1.82) is 0 Å². The fourth-order valence-corrected chi connectivity index (χ4v) is 8.95. The van der Waals surface area contributed by atoms with Crippen molar-refractivity contribution in [2.45, 2.75) is 5.41 Å². The lowest BCUT2D eigenvalue weighted by Crippen LogP contribution is -2.27. The van der Waals surface area contributed by atoms with Crippen LogP contribution in [0.2, 0.25) is 0 Å². The molecule has 0 aromatic heterocycles. The summed E-state index contributed by atoms with van der Waals surface area (Å²) in [5.41, 5.74) is 15.0. The van der Waals surface area contributed by atoms with Gasteiger partial charge in [-0.1, -0.05) is 140 Å². The first-order valence-electron chi connectivity index (χ1n) is 16.0. The highest BCUT2D eigenvalue weighted by Gasteiger charge is 2.53. The van der Waals surface area contributed by atoms with Gasteiger partial charge in [0.15, 0.2) is 0 Å². The minimum Gasteiger partial charge on any atom is -0.456 e. The third-order valence-corrected chi connectivity index (χ3v) is 10.7. The Bertz CT molecular complexity index is 2610. The number of ether oxygens (including phenoxy) is 1. The molecule has 0 saturated carbocycles. The van der Waals surface area contributed by atoms with Crippen molar-refractivity contribution < 1.29 is 4.74 Å². The van der Waals surface area contributed by atoms with Crippen LogP contribution in [-0.2, 0) is 5.41 Å². The Morgan fingerprint density at radius 1 is 0.370 bits per heavy atom. The van der Waals surface area contributed by atoms with E-state index < -0.39 is 5.41 Å². The number of fused-ring (bicyclic) bond motifs is 14. The molecule has 8 aromatic carbocycles. The van der Waals surface area contributed by atoms with Gasteiger partial charge < -0.3 is 4.74 Å². The van der Waals surface area contributed by atoms with E-state index in [4.69, 9.17) is 4.74 Å². The lowest BCUT2D eigenvalue weighted by atomic mass is 9.67. The molecule has 8 aromatic rings. The van der Waals surface area contributed by atoms with Crippen molar-refractivity contribution in [2.24, 2.45) is 0 Å². The zero-order chi connectivity index (χ0) is 30.0. The van der Waals surface area contributed by atoms with Crippen molar-refractivity contribution in [2.75, 3.05) is 0 Å². The van der Waals surface area contributed by atoms with Crippen LogP contribution in [0.5, 0.6) is 11.5 Å². The number of hydrogen-bond acceptors (Lipinski definition) is 1. The van der Waals surface area contributed by atoms with Crippen LogP contribution in [0.4, 0.5) is 0 Å². The number of benzene rings is 8. The molecule has 0 saturated heterocycles. The maximum Gasteiger partial charge on any atom is 0.135 e. The Kier molecular flexibility index (Phi) is 4.57. The molecule has 0 N–H and O–H groups in total. The first-order valence-corrected chi connectivity index (χ1v) is 16.0. The summed E-state index contributed by atoms with van der Waals surface area (Å²) in [4.78, 5) is 0. The molecule has 1 spiro atoms. The van der Waals surface area contributed by atoms with Crippen LogP contribution in [0, 0.1) is 0 Å². The quantitative estimate of drug-likeness (QED) is 0.187. The van der Waals surface area contributed by atoms with E-state index in [2.05, 4.69) is 158 Å². The van der Waals surface area contributed by atoms with Gasteiger partial charge in [-0.25, -0.2) is 0 Å². The fraction of sp³-hybridized carbons (Fsp3) is 0.0222. The van der Waals surface area contributed by atoms with Gasteiger partial charge in [-0.3, -0.25) is 0 Å². The third kappa shape index (κ3) is 2.87. The molecule has 0 fully saturated rings. The minimum absolute atomic E-state index is 0.454. The molecule has 3 aliphatic rings. The van der Waals surface area contributed by atoms with Gasteiger partial charge in [0.25, 0.3) is 0 Å². The topological polar surface area (TPSA) is 9.23 Å². The van der Waals surface area contributed by atoms with E-state index in [0.717, 1.165) is 17.1 Å². The van der Waals surface area contributed by atoms with Crippen LogP contribution in [0.15, 0.2) is 158 Å². The maximum atomic E-state index is 6.68. The van der Waals surface area contributed by atoms with Gasteiger partial charge in [0.2, 0.25) is 0 Å². The molecular formula is C45H26O. The van der Waals surface area contributed by atoms with Gasteiger partial charge in [-0.05, 0) is 95.6 Å². The average Bonchev–Trinajstić information content (AvgIpc) is 3.59. The zero-order valence-electron chi connectivity index (χ0n) is 24.9. The largest absolute Gasteiger partial charge is 0.456 e. The molecule has 0 amide bonds. The average molecular weight is 583 g/mol. The third-order valence-electron chi connectivity index (χ3n) is 10.7. The smallest absolute Gasteiger partial charge is 0.135 e. The van der Waals surface area contributed by atoms with Gasteiger partial charge >= 0.3 is 0 Å². The molecule has 212 valence electrons. The highest BCUT2D eigenvalue weighted by atomic mass is 16.5. The maximum absolute atomic E-state index is 6.68. The summed E-state index contributed by atoms with van der Waals surface area (Å²) in [6.07, 6.45) is 0. The predicted molar refractivity (Wildman–Crippen MR) is 189 cm³/mol. The van der Waals surface area contributed by atoms with Crippen molar-refractivity contribution in [3.8, 4) is 56.0 Å². The molecule has 1 nitrogen and oxygen atoms in total. The van der Waals surface area contributed by atoms with Crippen molar-refractivity contribution in [1.82, 2.24) is 0 Å². The SMILES string of the molecule is c1ccc2c(c1)-c1cccc(-c3ccc4c(c3)Oc3cccc5cccc-4c35)c1C21c2ccccc2-c2ccc3ccccc3c21. The van der Waals surface area contributed by atoms with Crippen LogP contribution in [-0.4, -0.2) is 0 Å². The molecule has 2 aliphatic carbocycles. The van der Waals surface area contributed by atoms with Crippen molar-refractivity contribution in [3.05, 3.63) is 180 Å². The van der Waals surface area contributed by atoms with Gasteiger partial charge in [0.1, 0.15) is 11.5 Å². The summed E-state index contributed by atoms with van der Waals surface area (Å²) in [6.45, 7) is 0. The first-order chi connectivity index (χ1) is 22.8. The molecule has 1 heteroatoms. The summed E-state index contributed by atoms with van der Waals surface area (Å²) in [5, 5.41) is 4.97. The van der Waals surface area contributed by atoms with Gasteiger partial charge in [-0.15, -0.1) is 0 Å². The van der Waals surface area contributed by atoms with Crippen LogP contribution in [0.25, 0.3) is 66.1 Å². The Balaban J connectivity index is 1.25. The number of hydrogen-bond donors (Lipinski definition) is 0. The predicted octanol–water partition coefficient (Wildman–Crippen LogP) is 11.8. The Hall–Kier alpha value is -5.92. The van der Waals surface area contributed by atoms with Crippen molar-refractivity contribution >= 4 is 21.5 Å². The van der Waals surface area contributed by atoms with E-state index in [1.54, 1.807) is 0 Å². The van der Waals surface area contributed by atoms with Crippen LogP contribution in [0.1, 0.15) is 22.3 Å². The number of rotatable bonds is 1. The normalized spacial score (nSPS) is 16.1. The van der Waals surface area contributed by atoms with E-state index in [1.165, 1.54) is 82.7 Å². The second-order valence-corrected chi connectivity index (χ2v) is 12.8. The summed E-state index contributed by atoms with van der Waals surface area (Å²) in [7, 11) is 0. The summed E-state index contributed by atoms with van der Waals surface area (Å²) in [6, 6.07) is 58.2. The first kappa shape index (κ1) is 24.4. The fourth-order valence-electron chi connectivity index (χ4n) is 8.95. The zero-order valence-corrected chi connectivity index (χ0v) is 24.9. The summed E-state index contributed by atoms with van der Waals surface area (Å²) >= 11 is 0. The summed E-state index contributed by atoms with van der Waals surface area (Å²) < 4.78 is 6.68. The van der Waals surface area contributed by atoms with Crippen LogP contribution < -0.4 is 4.74 Å². The highest BCUT2D eigenvalue weighted by Crippen LogP contribution is 2.65. The van der Waals surface area contributed by atoms with E-state index in [9.17, 15) is 0 Å². The van der Waals surface area contributed by atoms with Crippen LogP contribution in [0.3, 0.4) is 0 Å². The van der Waals surface area contributed by atoms with Gasteiger partial charge in [0, 0.05) is 10.9 Å². The van der Waals surface area contributed by atoms with E-state index in [1.807, 2.05) is 0 Å². The molecule has 0 bridgehead atoms. The van der Waals surface area contributed by atoms with Gasteiger partial charge in [0.05, 0.1) is 5.41 Å². The molecule has 1 atom stereocenters. The molecule has 1 heterocycles. The van der Waals surface area contributed by atoms with Gasteiger partial charge in [-0.2, -0.15) is 0 Å². The van der Waals surface area contributed by atoms with Crippen molar-refractivity contribution in [3.63, 3.8) is 0 Å². The standard InChI is InChI=1S/C45H26O/c1-2-13-30-27(10-1)22-25-37-33-15-4-6-20-39(33)45(43(30)37)38-19-5-3-14-32(38)36-18-9-16-31(44(36)45)29-23-24-34-35-17-7-11-28-12-8-21-40(42(28)35)46-41(34)26-29/h1-26H. The Labute approximate surface area is 267 Å². The molecule has 1 aliphatic heterocycles.